The van der Waals surface area contributed by atoms with Crippen LogP contribution in [0.25, 0.3) is 5.65 Å². The predicted molar refractivity (Wildman–Crippen MR) is 136 cm³/mol. The summed E-state index contributed by atoms with van der Waals surface area (Å²) in [4.78, 5) is 11.0. The summed E-state index contributed by atoms with van der Waals surface area (Å²) in [5.74, 6) is 0.738. The summed E-state index contributed by atoms with van der Waals surface area (Å²) in [5, 5.41) is 39.7. The molecule has 3 heterocycles. The van der Waals surface area contributed by atoms with Crippen molar-refractivity contribution >= 4 is 34.7 Å². The van der Waals surface area contributed by atoms with Gasteiger partial charge < -0.3 is 15.4 Å². The highest BCUT2D eigenvalue weighted by Gasteiger charge is 2.25. The van der Waals surface area contributed by atoms with E-state index in [4.69, 9.17) is 21.6 Å². The topological polar surface area (TPSA) is 151 Å². The number of hydrogen-bond acceptors (Lipinski definition) is 10. The molecule has 0 spiro atoms. The van der Waals surface area contributed by atoms with Gasteiger partial charge in [-0.2, -0.15) is 25.3 Å². The number of hydrogen-bond donors (Lipinski definition) is 2. The summed E-state index contributed by atoms with van der Waals surface area (Å²) < 4.78 is 7.23. The van der Waals surface area contributed by atoms with E-state index in [0.717, 1.165) is 37.9 Å². The van der Waals surface area contributed by atoms with Gasteiger partial charge in [0.05, 0.1) is 40.7 Å². The molecule has 1 saturated heterocycles. The number of anilines is 3. The van der Waals surface area contributed by atoms with Gasteiger partial charge in [0.1, 0.15) is 6.07 Å². The van der Waals surface area contributed by atoms with Crippen molar-refractivity contribution in [1.82, 2.24) is 24.5 Å². The van der Waals surface area contributed by atoms with Crippen LogP contribution >= 0.6 is 11.6 Å². The van der Waals surface area contributed by atoms with Gasteiger partial charge in [0.25, 0.3) is 0 Å². The van der Waals surface area contributed by atoms with Crippen molar-refractivity contribution in [1.29, 1.82) is 15.8 Å². The molecule has 2 N–H and O–H groups in total. The minimum Gasteiger partial charge on any atom is -0.377 e. The van der Waals surface area contributed by atoms with Gasteiger partial charge in [0.15, 0.2) is 17.2 Å². The number of fused-ring (bicyclic) bond motifs is 1. The standard InChI is InChI=1S/C25H25ClN10O/c26-22-17(14-35(7-2-6-27)15-20-3-1-8-37-20)9-16(11-28)10-21(22)32-25-33-23(31-18-4-5-18)24-30-13-19(12-29)36(24)34-25/h9-10,13,18,20H,1-5,7-8,14-15H2,(H2,31,32,33,34). The van der Waals surface area contributed by atoms with Gasteiger partial charge in [-0.3, -0.25) is 4.90 Å². The molecule has 2 aliphatic rings. The van der Waals surface area contributed by atoms with Crippen LogP contribution in [0.3, 0.4) is 0 Å². The molecule has 1 unspecified atom stereocenters. The monoisotopic (exact) mass is 516 g/mol. The van der Waals surface area contributed by atoms with Crippen LogP contribution in [0.5, 0.6) is 0 Å². The van der Waals surface area contributed by atoms with Gasteiger partial charge in [0.2, 0.25) is 5.95 Å². The fourth-order valence-electron chi connectivity index (χ4n) is 4.36. The highest BCUT2D eigenvalue weighted by atomic mass is 35.5. The number of halogens is 1. The maximum absolute atomic E-state index is 9.69. The molecule has 3 aromatic rings. The zero-order valence-corrected chi connectivity index (χ0v) is 20.9. The fraction of sp³-hybridized carbons (Fsp3) is 0.440. The maximum Gasteiger partial charge on any atom is 0.247 e. The third-order valence-electron chi connectivity index (χ3n) is 6.34. The van der Waals surface area contributed by atoms with E-state index in [0.29, 0.717) is 59.8 Å². The van der Waals surface area contributed by atoms with Crippen molar-refractivity contribution in [3.8, 4) is 18.2 Å². The first kappa shape index (κ1) is 24.7. The van der Waals surface area contributed by atoms with Crippen LogP contribution in [0.4, 0.5) is 17.5 Å². The summed E-state index contributed by atoms with van der Waals surface area (Å²) >= 11 is 6.83. The number of nitriles is 3. The minimum atomic E-state index is 0.122. The quantitative estimate of drug-likeness (QED) is 0.407. The number of imidazole rings is 1. The first-order valence-electron chi connectivity index (χ1n) is 12.2. The number of rotatable bonds is 10. The lowest BCUT2D eigenvalue weighted by Gasteiger charge is -2.25. The van der Waals surface area contributed by atoms with Gasteiger partial charge >= 0.3 is 0 Å². The Bertz CT molecular complexity index is 1420. The Morgan fingerprint density at radius 1 is 1.19 bits per heavy atom. The molecular formula is C25H25ClN10O. The largest absolute Gasteiger partial charge is 0.377 e. The summed E-state index contributed by atoms with van der Waals surface area (Å²) in [6.45, 7) is 2.46. The van der Waals surface area contributed by atoms with Crippen molar-refractivity contribution < 1.29 is 4.74 Å². The lowest BCUT2D eigenvalue weighted by molar-refractivity contribution is 0.0713. The van der Waals surface area contributed by atoms with Crippen molar-refractivity contribution in [3.63, 3.8) is 0 Å². The van der Waals surface area contributed by atoms with Gasteiger partial charge in [-0.05, 0) is 43.4 Å². The summed E-state index contributed by atoms with van der Waals surface area (Å²) in [6, 6.07) is 10.2. The molecule has 1 aliphatic carbocycles. The second-order valence-electron chi connectivity index (χ2n) is 9.21. The molecule has 0 bridgehead atoms. The molecule has 0 radical (unpaired) electrons. The molecule has 5 rings (SSSR count). The number of benzene rings is 1. The van der Waals surface area contributed by atoms with Crippen molar-refractivity contribution in [3.05, 3.63) is 40.2 Å². The van der Waals surface area contributed by atoms with Crippen LogP contribution < -0.4 is 10.6 Å². The van der Waals surface area contributed by atoms with Crippen LogP contribution in [0.2, 0.25) is 5.02 Å². The molecule has 2 fully saturated rings. The van der Waals surface area contributed by atoms with E-state index >= 15 is 0 Å². The molecule has 1 atom stereocenters. The highest BCUT2D eigenvalue weighted by molar-refractivity contribution is 6.34. The van der Waals surface area contributed by atoms with Crippen LogP contribution in [0.15, 0.2) is 18.3 Å². The molecule has 37 heavy (non-hydrogen) atoms. The predicted octanol–water partition coefficient (Wildman–Crippen LogP) is 3.73. The van der Waals surface area contributed by atoms with Crippen LogP contribution in [-0.4, -0.2) is 56.3 Å². The number of aromatic nitrogens is 4. The molecule has 1 aromatic carbocycles. The number of nitrogens with one attached hydrogen (secondary N) is 2. The van der Waals surface area contributed by atoms with Crippen LogP contribution in [-0.2, 0) is 11.3 Å². The van der Waals surface area contributed by atoms with Gasteiger partial charge in [-0.15, -0.1) is 5.10 Å². The Labute approximate surface area is 219 Å². The molecule has 12 heteroatoms. The second-order valence-corrected chi connectivity index (χ2v) is 9.58. The van der Waals surface area contributed by atoms with Gasteiger partial charge in [-0.25, -0.2) is 4.98 Å². The highest BCUT2D eigenvalue weighted by Crippen LogP contribution is 2.32. The van der Waals surface area contributed by atoms with Crippen molar-refractivity contribution in [2.45, 2.75) is 50.8 Å². The van der Waals surface area contributed by atoms with Crippen LogP contribution in [0, 0.1) is 34.0 Å². The first-order valence-corrected chi connectivity index (χ1v) is 12.6. The van der Waals surface area contributed by atoms with Crippen molar-refractivity contribution in [2.75, 3.05) is 30.3 Å². The second kappa shape index (κ2) is 11.0. The van der Waals surface area contributed by atoms with E-state index in [2.05, 4.69) is 48.8 Å². The SMILES string of the molecule is N#CCCN(Cc1cc(C#N)cc(Nc2nc(NC3CC3)c3ncc(C#N)n3n2)c1Cl)CC1CCCO1. The van der Waals surface area contributed by atoms with E-state index in [1.54, 1.807) is 12.1 Å². The summed E-state index contributed by atoms with van der Waals surface area (Å²) in [7, 11) is 0. The zero-order valence-electron chi connectivity index (χ0n) is 20.1. The molecule has 1 aliphatic heterocycles. The molecule has 0 amide bonds. The number of nitrogens with zero attached hydrogens (tertiary/aromatic N) is 8. The third kappa shape index (κ3) is 5.73. The number of ether oxygens (including phenoxy) is 1. The molecule has 188 valence electrons. The Morgan fingerprint density at radius 2 is 2.05 bits per heavy atom. The fourth-order valence-corrected chi connectivity index (χ4v) is 4.58. The Kier molecular flexibility index (Phi) is 7.34. The Balaban J connectivity index is 1.45. The molecular weight excluding hydrogens is 492 g/mol. The van der Waals surface area contributed by atoms with E-state index in [1.165, 1.54) is 10.7 Å². The maximum atomic E-state index is 9.69. The van der Waals surface area contributed by atoms with Gasteiger partial charge in [0, 0.05) is 38.7 Å². The van der Waals surface area contributed by atoms with E-state index in [9.17, 15) is 10.5 Å². The van der Waals surface area contributed by atoms with Gasteiger partial charge in [-0.1, -0.05) is 11.6 Å². The van der Waals surface area contributed by atoms with Crippen LogP contribution in [0.1, 0.15) is 48.9 Å². The molecule has 2 aromatic heterocycles. The van der Waals surface area contributed by atoms with E-state index in [-0.39, 0.29) is 17.7 Å². The molecule has 1 saturated carbocycles. The molecule has 11 nitrogen and oxygen atoms in total. The Hall–Kier alpha value is -3.95. The normalized spacial score (nSPS) is 16.9. The van der Waals surface area contributed by atoms with E-state index < -0.39 is 0 Å². The zero-order chi connectivity index (χ0) is 25.8. The first-order chi connectivity index (χ1) is 18.1. The van der Waals surface area contributed by atoms with Crippen molar-refractivity contribution in [2.24, 2.45) is 0 Å². The minimum absolute atomic E-state index is 0.122. The lowest BCUT2D eigenvalue weighted by atomic mass is 10.1. The summed E-state index contributed by atoms with van der Waals surface area (Å²) in [6.07, 6.45) is 6.05. The average molecular weight is 517 g/mol. The van der Waals surface area contributed by atoms with E-state index in [1.807, 2.05) is 0 Å². The third-order valence-corrected chi connectivity index (χ3v) is 6.78. The summed E-state index contributed by atoms with van der Waals surface area (Å²) in [5.41, 5.74) is 2.39. The average Bonchev–Trinajstić information content (AvgIpc) is 3.38. The Morgan fingerprint density at radius 3 is 2.76 bits per heavy atom. The smallest absolute Gasteiger partial charge is 0.247 e. The lowest BCUT2D eigenvalue weighted by Crippen LogP contribution is -2.32.